The smallest absolute Gasteiger partial charge is 0.325 e. The number of allylic oxidation sites excluding steroid dienone is 4. The molecular formula is C40H56N4O9. The molecule has 7 atom stereocenters. The van der Waals surface area contributed by atoms with Crippen LogP contribution in [-0.2, 0) is 39.9 Å². The number of ketones is 1. The number of hydrogen-bond donors (Lipinski definition) is 5. The van der Waals surface area contributed by atoms with Gasteiger partial charge >= 0.3 is 5.97 Å². The van der Waals surface area contributed by atoms with Crippen LogP contribution in [0.5, 0.6) is 5.75 Å². The summed E-state index contributed by atoms with van der Waals surface area (Å²) in [6.45, 7) is 10.3. The number of rotatable bonds is 8. The fourth-order valence-electron chi connectivity index (χ4n) is 6.35. The number of aliphatic hydroxyl groups is 1. The van der Waals surface area contributed by atoms with Crippen molar-refractivity contribution >= 4 is 35.8 Å². The molecule has 5 N–H and O–H groups in total. The summed E-state index contributed by atoms with van der Waals surface area (Å²) in [5, 5.41) is 28.7. The number of amides is 3. The van der Waals surface area contributed by atoms with E-state index in [1.165, 1.54) is 24.1 Å². The molecule has 1 aromatic carbocycles. The molecule has 290 valence electrons. The minimum Gasteiger partial charge on any atom is -0.508 e. The summed E-state index contributed by atoms with van der Waals surface area (Å²) in [5.74, 6) is -4.31. The molecular weight excluding hydrogens is 680 g/mol. The minimum atomic E-state index is -1.18. The Labute approximate surface area is 312 Å². The maximum Gasteiger partial charge on any atom is 0.325 e. The van der Waals surface area contributed by atoms with Crippen LogP contribution >= 0.6 is 0 Å². The molecule has 3 amide bonds. The number of aliphatic hydroxyl groups excluding tert-OH is 1. The lowest BCUT2D eigenvalue weighted by atomic mass is 9.85. The predicted molar refractivity (Wildman–Crippen MR) is 199 cm³/mol. The van der Waals surface area contributed by atoms with E-state index >= 15 is 0 Å². The van der Waals surface area contributed by atoms with Gasteiger partial charge in [0, 0.05) is 25.8 Å². The summed E-state index contributed by atoms with van der Waals surface area (Å²) in [5.41, 5.74) is 4.71. The number of ether oxygens (including phenoxy) is 1. The van der Waals surface area contributed by atoms with Gasteiger partial charge in [-0.25, -0.2) is 5.43 Å². The maximum absolute atomic E-state index is 14.2. The molecule has 2 heterocycles. The van der Waals surface area contributed by atoms with Crippen molar-refractivity contribution in [1.82, 2.24) is 21.1 Å². The second-order valence-corrected chi connectivity index (χ2v) is 14.5. The van der Waals surface area contributed by atoms with Gasteiger partial charge in [0.05, 0.1) is 12.0 Å². The number of esters is 1. The number of cyclic esters (lactones) is 1. The first-order chi connectivity index (χ1) is 25.1. The molecule has 1 unspecified atom stereocenters. The first-order valence-electron chi connectivity index (χ1n) is 18.4. The van der Waals surface area contributed by atoms with Crippen molar-refractivity contribution in [2.24, 2.45) is 17.8 Å². The summed E-state index contributed by atoms with van der Waals surface area (Å²) in [4.78, 5) is 78.7. The number of fused-ring (bicyclic) bond motifs is 2. The van der Waals surface area contributed by atoms with E-state index in [0.717, 1.165) is 0 Å². The summed E-state index contributed by atoms with van der Waals surface area (Å²) in [6.07, 6.45) is 8.85. The van der Waals surface area contributed by atoms with Crippen molar-refractivity contribution in [2.75, 3.05) is 6.54 Å². The van der Waals surface area contributed by atoms with Crippen LogP contribution in [0.25, 0.3) is 0 Å². The number of hydrogen-bond acceptors (Lipinski definition) is 10. The molecule has 13 heteroatoms. The van der Waals surface area contributed by atoms with Crippen LogP contribution in [0.3, 0.4) is 0 Å². The van der Waals surface area contributed by atoms with Crippen molar-refractivity contribution in [1.29, 1.82) is 0 Å². The monoisotopic (exact) mass is 736 g/mol. The Morgan fingerprint density at radius 3 is 2.40 bits per heavy atom. The molecule has 3 rings (SSSR count). The maximum atomic E-state index is 14.2. The van der Waals surface area contributed by atoms with Crippen molar-refractivity contribution in [3.63, 3.8) is 0 Å². The number of aryl methyl sites for hydroxylation is 1. The lowest BCUT2D eigenvalue weighted by molar-refractivity contribution is -0.156. The zero-order chi connectivity index (χ0) is 39.2. The number of aromatic hydroxyl groups is 1. The molecule has 0 aliphatic carbocycles. The number of hydrazine groups is 1. The highest BCUT2D eigenvalue weighted by atomic mass is 16.5. The molecule has 0 radical (unpaired) electrons. The average molecular weight is 737 g/mol. The molecule has 0 aromatic heterocycles. The van der Waals surface area contributed by atoms with Crippen molar-refractivity contribution in [2.45, 2.75) is 117 Å². The van der Waals surface area contributed by atoms with E-state index in [2.05, 4.69) is 16.1 Å². The van der Waals surface area contributed by atoms with Crippen molar-refractivity contribution in [3.05, 3.63) is 65.3 Å². The topological polar surface area (TPSA) is 191 Å². The first-order valence-corrected chi connectivity index (χ1v) is 18.4. The Hall–Kier alpha value is -4.62. The highest BCUT2D eigenvalue weighted by molar-refractivity contribution is 5.93. The van der Waals surface area contributed by atoms with Gasteiger partial charge in [0.25, 0.3) is 5.91 Å². The van der Waals surface area contributed by atoms with E-state index < -0.39 is 71.8 Å². The molecule has 0 saturated carbocycles. The van der Waals surface area contributed by atoms with Gasteiger partial charge in [-0.2, -0.15) is 0 Å². The quantitative estimate of drug-likeness (QED) is 0.150. The normalized spacial score (nSPS) is 28.5. The van der Waals surface area contributed by atoms with Gasteiger partial charge in [-0.3, -0.25) is 29.0 Å². The highest BCUT2D eigenvalue weighted by Crippen LogP contribution is 2.24. The average Bonchev–Trinajstić information content (AvgIpc) is 3.11. The minimum absolute atomic E-state index is 0.0143. The predicted octanol–water partition coefficient (Wildman–Crippen LogP) is 3.31. The van der Waals surface area contributed by atoms with Crippen LogP contribution in [0.1, 0.15) is 84.3 Å². The van der Waals surface area contributed by atoms with E-state index in [0.29, 0.717) is 42.2 Å². The SMILES string of the molecule is CC(=O)CC[C@H]1C(=O)N[C@@H](C(C)C)C(=O)N[C@@H](Cc2ccc(C)c(O)c2)C(=O)N2CCCC(N2)C(=O)O[C@H](/C(C)=C/C=O)C/C=C/C=C/C[C@H](C)[C@H]1O. The van der Waals surface area contributed by atoms with Gasteiger partial charge in [0.15, 0.2) is 0 Å². The van der Waals surface area contributed by atoms with Gasteiger partial charge in [0.1, 0.15) is 42.0 Å². The van der Waals surface area contributed by atoms with Gasteiger partial charge < -0.3 is 30.4 Å². The summed E-state index contributed by atoms with van der Waals surface area (Å²) in [6, 6.07) is 1.79. The number of nitrogens with zero attached hydrogens (tertiary/aromatic N) is 1. The summed E-state index contributed by atoms with van der Waals surface area (Å²) < 4.78 is 5.86. The van der Waals surface area contributed by atoms with Gasteiger partial charge in [-0.15, -0.1) is 0 Å². The molecule has 2 aliphatic rings. The van der Waals surface area contributed by atoms with Crippen molar-refractivity contribution < 1.29 is 43.7 Å². The zero-order valence-corrected chi connectivity index (χ0v) is 31.7. The van der Waals surface area contributed by atoms with Gasteiger partial charge in [-0.05, 0) is 87.1 Å². The van der Waals surface area contributed by atoms with Crippen LogP contribution in [0, 0.1) is 24.7 Å². The molecule has 1 aromatic rings. The Morgan fingerprint density at radius 1 is 1.06 bits per heavy atom. The fraction of sp³-hybridized carbons (Fsp3) is 0.550. The third kappa shape index (κ3) is 12.8. The number of nitrogens with one attached hydrogen (secondary N) is 3. The molecule has 1 saturated heterocycles. The van der Waals surface area contributed by atoms with Crippen molar-refractivity contribution in [3.8, 4) is 5.75 Å². The molecule has 0 spiro atoms. The van der Waals surface area contributed by atoms with Gasteiger partial charge in [-0.1, -0.05) is 57.2 Å². The second kappa shape index (κ2) is 20.6. The standard InChI is InChI=1S/C40H56N4O9/c1-24(2)35-38(50)41-32(22-29-17-15-25(3)33(47)23-29)39(51)44-20-11-13-31(43-44)40(52)53-34(26(4)19-21-45)14-10-8-7-9-12-27(5)36(48)30(37(49)42-35)18-16-28(6)46/h7-10,15,17,19,21,23-24,27,30-32,34-36,43,47-48H,11-14,16,18,20,22H2,1-6H3,(H,41,50)(H,42,49)/b9-7+,10-8+,26-19+/t27-,30+,31?,32-,34-,35-,36+/m0/s1. The number of phenolic OH excluding ortho intramolecular Hbond substituents is 1. The van der Waals surface area contributed by atoms with E-state index in [4.69, 9.17) is 4.74 Å². The summed E-state index contributed by atoms with van der Waals surface area (Å²) >= 11 is 0. The Balaban J connectivity index is 2.05. The van der Waals surface area contributed by atoms with E-state index in [-0.39, 0.29) is 43.8 Å². The number of carbonyl (C=O) groups is 6. The molecule has 1 fully saturated rings. The highest BCUT2D eigenvalue weighted by Gasteiger charge is 2.37. The second-order valence-electron chi connectivity index (χ2n) is 14.5. The number of Topliss-reactive ketones (excluding diaryl/α,β-unsaturated/α-hetero) is 1. The van der Waals surface area contributed by atoms with Gasteiger partial charge in [0.2, 0.25) is 11.8 Å². The van der Waals surface area contributed by atoms with E-state index in [9.17, 15) is 39.0 Å². The molecule has 2 bridgehead atoms. The van der Waals surface area contributed by atoms with Crippen LogP contribution in [0.15, 0.2) is 54.2 Å². The Morgan fingerprint density at radius 2 is 1.75 bits per heavy atom. The van der Waals surface area contributed by atoms with E-state index in [1.807, 2.05) is 6.08 Å². The third-order valence-electron chi connectivity index (χ3n) is 9.79. The lowest BCUT2D eigenvalue weighted by Crippen LogP contribution is -2.62. The number of aldehydes is 1. The van der Waals surface area contributed by atoms with Crippen LogP contribution in [0.2, 0.25) is 0 Å². The van der Waals surface area contributed by atoms with Crippen LogP contribution in [0.4, 0.5) is 0 Å². The molecule has 53 heavy (non-hydrogen) atoms. The zero-order valence-electron chi connectivity index (χ0n) is 31.7. The summed E-state index contributed by atoms with van der Waals surface area (Å²) in [7, 11) is 0. The van der Waals surface area contributed by atoms with Crippen LogP contribution < -0.4 is 16.1 Å². The largest absolute Gasteiger partial charge is 0.508 e. The fourth-order valence-corrected chi connectivity index (χ4v) is 6.35. The molecule has 13 nitrogen and oxygen atoms in total. The number of benzene rings is 1. The van der Waals surface area contributed by atoms with Crippen LogP contribution in [-0.4, -0.2) is 87.9 Å². The number of carbonyl (C=O) groups excluding carboxylic acids is 6. The Bertz CT molecular complexity index is 1570. The van der Waals surface area contributed by atoms with E-state index in [1.54, 1.807) is 65.0 Å². The third-order valence-corrected chi connectivity index (χ3v) is 9.79. The lowest BCUT2D eigenvalue weighted by Gasteiger charge is -2.36. The molecule has 2 aliphatic heterocycles. The number of phenols is 1. The first kappa shape index (κ1) is 42.8. The Kier molecular flexibility index (Phi) is 16.6.